The van der Waals surface area contributed by atoms with Crippen LogP contribution in [0.25, 0.3) is 4.98 Å². The van der Waals surface area contributed by atoms with Gasteiger partial charge in [-0.25, -0.2) is 0 Å². The molecule has 0 aromatic heterocycles. The Morgan fingerprint density at radius 2 is 1.56 bits per heavy atom. The zero-order valence-corrected chi connectivity index (χ0v) is 12.1. The van der Waals surface area contributed by atoms with Crippen LogP contribution in [-0.4, -0.2) is 10.9 Å². The van der Waals surface area contributed by atoms with Gasteiger partial charge in [-0.1, -0.05) is 41.5 Å². The van der Waals surface area contributed by atoms with Crippen molar-refractivity contribution in [1.82, 2.24) is 0 Å². The van der Waals surface area contributed by atoms with Gasteiger partial charge in [0.15, 0.2) is 10.7 Å². The van der Waals surface area contributed by atoms with E-state index in [1.54, 1.807) is 0 Å². The lowest BCUT2D eigenvalue weighted by atomic mass is 9.64. The molecule has 0 saturated heterocycles. The molecule has 0 heterocycles. The second-order valence-electron chi connectivity index (χ2n) is 7.27. The summed E-state index contributed by atoms with van der Waals surface area (Å²) in [6.45, 7) is 12.0. The normalized spacial score (nSPS) is 26.2. The number of hydrogen-bond acceptors (Lipinski definition) is 3. The Labute approximate surface area is 109 Å². The molecule has 0 aromatic rings. The smallest absolute Gasteiger partial charge is 0.464 e. The number of allylic oxidation sites excluding steroid dienone is 2. The maximum absolute atomic E-state index is 12.2. The topological polar surface area (TPSA) is 65.4 Å². The molecule has 0 spiro atoms. The summed E-state index contributed by atoms with van der Waals surface area (Å²) in [6.07, 6.45) is 0.594. The second-order valence-corrected chi connectivity index (χ2v) is 7.27. The average Bonchev–Trinajstić information content (AvgIpc) is 2.14. The van der Waals surface area contributed by atoms with Gasteiger partial charge in [-0.15, -0.1) is 0 Å². The fraction of sp³-hybridized carbons (Fsp3) is 0.786. The number of aliphatic hydroxyl groups excluding tert-OH is 1. The van der Waals surface area contributed by atoms with Crippen LogP contribution in [0.5, 0.6) is 0 Å². The lowest BCUT2D eigenvalue weighted by Crippen LogP contribution is -2.39. The Balaban J connectivity index is 3.33. The Bertz CT molecular complexity index is 430. The minimum atomic E-state index is -0.261. The van der Waals surface area contributed by atoms with Crippen molar-refractivity contribution in [3.63, 3.8) is 0 Å². The van der Waals surface area contributed by atoms with Gasteiger partial charge in [0.2, 0.25) is 5.39 Å². The van der Waals surface area contributed by atoms with E-state index >= 15 is 0 Å². The van der Waals surface area contributed by atoms with Gasteiger partial charge in [0.1, 0.15) is 0 Å². The fourth-order valence-electron chi connectivity index (χ4n) is 2.52. The predicted molar refractivity (Wildman–Crippen MR) is 70.3 cm³/mol. The highest BCUT2D eigenvalue weighted by molar-refractivity contribution is 6.00. The van der Waals surface area contributed by atoms with Crippen LogP contribution in [0.3, 0.4) is 0 Å². The quantitative estimate of drug-likeness (QED) is 0.664. The molecule has 1 aliphatic carbocycles. The van der Waals surface area contributed by atoms with Gasteiger partial charge in [-0.05, 0) is 17.3 Å². The molecule has 1 N–H and O–H groups in total. The van der Waals surface area contributed by atoms with E-state index in [2.05, 4.69) is 4.98 Å². The van der Waals surface area contributed by atoms with Gasteiger partial charge in [0.25, 0.3) is 5.78 Å². The van der Waals surface area contributed by atoms with Gasteiger partial charge in [-0.2, -0.15) is 0 Å². The molecule has 0 unspecified atom stereocenters. The van der Waals surface area contributed by atoms with Crippen molar-refractivity contribution >= 4 is 5.78 Å². The summed E-state index contributed by atoms with van der Waals surface area (Å²) in [5.74, 6) is -0.729. The third-order valence-corrected chi connectivity index (χ3v) is 3.78. The summed E-state index contributed by atoms with van der Waals surface area (Å²) < 4.78 is 0. The summed E-state index contributed by atoms with van der Waals surface area (Å²) in [5, 5.41) is 19.1. The lowest BCUT2D eigenvalue weighted by Gasteiger charge is -2.38. The number of ketones is 1. The van der Waals surface area contributed by atoms with E-state index < -0.39 is 0 Å². The fourth-order valence-corrected chi connectivity index (χ4v) is 2.52. The Kier molecular flexibility index (Phi) is 3.58. The van der Waals surface area contributed by atoms with E-state index in [9.17, 15) is 9.90 Å². The number of carbonyl (C=O) groups is 1. The van der Waals surface area contributed by atoms with E-state index in [4.69, 9.17) is 5.39 Å². The molecule has 1 aliphatic rings. The van der Waals surface area contributed by atoms with Crippen LogP contribution in [0.4, 0.5) is 0 Å². The van der Waals surface area contributed by atoms with Crippen molar-refractivity contribution in [2.75, 3.05) is 0 Å². The third kappa shape index (κ3) is 2.55. The maximum Gasteiger partial charge on any atom is 0.464 e. The Hall–Kier alpha value is -1.37. The number of aliphatic hydroxyl groups is 1. The zero-order chi connectivity index (χ0) is 14.3. The standard InChI is InChI=1S/C14H22N2O2/c1-13(2,3)8-7-9(14(4,5)6)12(18)10(16-15)11(8)17/h8-9H,7H2,1-6H3/p+1/t8-,9-/m1/s1. The molecular formula is C14H23N2O2+. The second kappa shape index (κ2) is 4.38. The van der Waals surface area contributed by atoms with Crippen LogP contribution in [0.1, 0.15) is 48.0 Å². The van der Waals surface area contributed by atoms with E-state index in [0.717, 1.165) is 0 Å². The molecule has 18 heavy (non-hydrogen) atoms. The molecule has 0 amide bonds. The van der Waals surface area contributed by atoms with E-state index in [1.165, 1.54) is 0 Å². The molecular weight excluding hydrogens is 228 g/mol. The first kappa shape index (κ1) is 14.7. The van der Waals surface area contributed by atoms with Crippen LogP contribution in [-0.2, 0) is 4.79 Å². The van der Waals surface area contributed by atoms with Crippen molar-refractivity contribution in [2.24, 2.45) is 22.7 Å². The first-order chi connectivity index (χ1) is 8.00. The molecule has 0 bridgehead atoms. The molecule has 0 aliphatic heterocycles. The SMILES string of the molecule is CC(C)(C)[C@@H]1C[C@@H](C(C)(C)C)C(O)=C([N+]#N)C1=O. The highest BCUT2D eigenvalue weighted by atomic mass is 16.3. The van der Waals surface area contributed by atoms with Gasteiger partial charge >= 0.3 is 5.70 Å². The average molecular weight is 251 g/mol. The summed E-state index contributed by atoms with van der Waals surface area (Å²) in [5.41, 5.74) is -0.553. The Morgan fingerprint density at radius 3 is 1.89 bits per heavy atom. The zero-order valence-electron chi connectivity index (χ0n) is 12.1. The molecule has 0 aromatic carbocycles. The van der Waals surface area contributed by atoms with Gasteiger partial charge < -0.3 is 5.11 Å². The maximum atomic E-state index is 12.2. The number of carbonyl (C=O) groups excluding carboxylic acids is 1. The van der Waals surface area contributed by atoms with Crippen LogP contribution >= 0.6 is 0 Å². The molecule has 0 fully saturated rings. The largest absolute Gasteiger partial charge is 0.505 e. The molecule has 0 radical (unpaired) electrons. The van der Waals surface area contributed by atoms with E-state index in [-0.39, 0.29) is 39.9 Å². The summed E-state index contributed by atoms with van der Waals surface area (Å²) in [7, 11) is 0. The first-order valence-corrected chi connectivity index (χ1v) is 6.32. The molecule has 100 valence electrons. The molecule has 1 rings (SSSR count). The number of nitrogens with zero attached hydrogens (tertiary/aromatic N) is 2. The van der Waals surface area contributed by atoms with E-state index in [1.807, 2.05) is 41.5 Å². The van der Waals surface area contributed by atoms with Crippen LogP contribution in [0.15, 0.2) is 11.5 Å². The number of diazo groups is 1. The van der Waals surface area contributed by atoms with Crippen LogP contribution in [0, 0.1) is 28.1 Å². The predicted octanol–water partition coefficient (Wildman–Crippen LogP) is 3.91. The molecule has 4 nitrogen and oxygen atoms in total. The molecule has 4 heteroatoms. The van der Waals surface area contributed by atoms with Crippen molar-refractivity contribution < 1.29 is 9.90 Å². The minimum Gasteiger partial charge on any atom is -0.505 e. The van der Waals surface area contributed by atoms with Crippen molar-refractivity contribution in [2.45, 2.75) is 48.0 Å². The van der Waals surface area contributed by atoms with E-state index in [0.29, 0.717) is 6.42 Å². The number of hydrogen-bond donors (Lipinski definition) is 1. The van der Waals surface area contributed by atoms with Crippen LogP contribution < -0.4 is 0 Å². The number of rotatable bonds is 0. The summed E-state index contributed by atoms with van der Waals surface area (Å²) in [4.78, 5) is 15.2. The monoisotopic (exact) mass is 251 g/mol. The highest BCUT2D eigenvalue weighted by Crippen LogP contribution is 2.46. The lowest BCUT2D eigenvalue weighted by molar-refractivity contribution is -0.124. The first-order valence-electron chi connectivity index (χ1n) is 6.32. The van der Waals surface area contributed by atoms with Crippen molar-refractivity contribution in [3.05, 3.63) is 16.4 Å². The van der Waals surface area contributed by atoms with Crippen molar-refractivity contribution in [3.8, 4) is 0 Å². The number of Topliss-reactive ketones (excluding diaryl/α,β-unsaturated/α-hetero) is 1. The highest BCUT2D eigenvalue weighted by Gasteiger charge is 2.51. The summed E-state index contributed by atoms with van der Waals surface area (Å²) in [6, 6.07) is 0. The third-order valence-electron chi connectivity index (χ3n) is 3.78. The minimum absolute atomic E-state index is 0.0736. The van der Waals surface area contributed by atoms with Crippen LogP contribution in [0.2, 0.25) is 0 Å². The molecule has 0 saturated carbocycles. The van der Waals surface area contributed by atoms with Gasteiger partial charge in [0.05, 0.1) is 0 Å². The van der Waals surface area contributed by atoms with Gasteiger partial charge in [0, 0.05) is 11.8 Å². The summed E-state index contributed by atoms with van der Waals surface area (Å²) >= 11 is 0. The Morgan fingerprint density at radius 1 is 1.11 bits per heavy atom. The van der Waals surface area contributed by atoms with Gasteiger partial charge in [-0.3, -0.25) is 4.79 Å². The van der Waals surface area contributed by atoms with Crippen molar-refractivity contribution in [1.29, 1.82) is 5.39 Å². The molecule has 2 atom stereocenters.